The first-order chi connectivity index (χ1) is 10.5. The molecular formula is C14H15N3O3S2. The lowest BCUT2D eigenvalue weighted by molar-refractivity contribution is -0.117. The summed E-state index contributed by atoms with van der Waals surface area (Å²) in [5.41, 5.74) is 0.504. The Kier molecular flexibility index (Phi) is 4.12. The number of thiophene rings is 1. The number of carbonyl (C=O) groups excluding carboxylic acids is 1. The Morgan fingerprint density at radius 2 is 2.27 bits per heavy atom. The van der Waals surface area contributed by atoms with Gasteiger partial charge in [0.25, 0.3) is 15.9 Å². The number of carbonyl (C=O) groups is 1. The third-order valence-electron chi connectivity index (χ3n) is 3.32. The summed E-state index contributed by atoms with van der Waals surface area (Å²) in [6.07, 6.45) is 5.60. The van der Waals surface area contributed by atoms with Crippen LogP contribution in [0.25, 0.3) is 0 Å². The lowest BCUT2D eigenvalue weighted by Gasteiger charge is -2.26. The third kappa shape index (κ3) is 3.45. The van der Waals surface area contributed by atoms with E-state index in [2.05, 4.69) is 9.71 Å². The van der Waals surface area contributed by atoms with E-state index in [0.29, 0.717) is 24.5 Å². The quantitative estimate of drug-likeness (QED) is 0.885. The van der Waals surface area contributed by atoms with Gasteiger partial charge in [-0.3, -0.25) is 4.79 Å². The van der Waals surface area contributed by atoms with Crippen LogP contribution >= 0.6 is 11.3 Å². The zero-order valence-corrected chi connectivity index (χ0v) is 13.4. The van der Waals surface area contributed by atoms with Gasteiger partial charge in [0.2, 0.25) is 0 Å². The summed E-state index contributed by atoms with van der Waals surface area (Å²) in [6.45, 7) is 0.886. The zero-order valence-electron chi connectivity index (χ0n) is 11.7. The van der Waals surface area contributed by atoms with Crippen molar-refractivity contribution in [3.63, 3.8) is 0 Å². The minimum absolute atomic E-state index is 0.0336. The molecule has 0 radical (unpaired) electrons. The van der Waals surface area contributed by atoms with Crippen LogP contribution in [0, 0.1) is 0 Å². The first kappa shape index (κ1) is 15.0. The minimum atomic E-state index is -3.36. The molecule has 0 aromatic carbocycles. The first-order valence-corrected chi connectivity index (χ1v) is 9.32. The van der Waals surface area contributed by atoms with E-state index >= 15 is 0 Å². The number of rotatable bonds is 4. The molecule has 0 aliphatic carbocycles. The average molecular weight is 337 g/mol. The minimum Gasteiger partial charge on any atom is -0.352 e. The second-order valence-electron chi connectivity index (χ2n) is 4.93. The average Bonchev–Trinajstić information content (AvgIpc) is 2.99. The summed E-state index contributed by atoms with van der Waals surface area (Å²) in [5, 5.41) is 4.87. The van der Waals surface area contributed by atoms with Crippen molar-refractivity contribution < 1.29 is 13.2 Å². The molecule has 8 heteroatoms. The molecule has 0 unspecified atom stereocenters. The standard InChI is InChI=1S/C14H15N3O3S2/c18-14(15-6-5-12-2-1-8-21-12)11-3-4-13-16-22(19,20)9-7-17(13)10-11/h1-4,8,10H,5-7,9H2,(H,15,18). The highest BCUT2D eigenvalue weighted by atomic mass is 32.2. The molecule has 116 valence electrons. The van der Waals surface area contributed by atoms with Crippen molar-refractivity contribution in [1.82, 2.24) is 10.2 Å². The van der Waals surface area contributed by atoms with Gasteiger partial charge in [-0.15, -0.1) is 15.7 Å². The molecule has 0 saturated heterocycles. The van der Waals surface area contributed by atoms with Crippen LogP contribution in [0.15, 0.2) is 45.8 Å². The molecule has 2 aliphatic rings. The molecule has 0 spiro atoms. The summed E-state index contributed by atoms with van der Waals surface area (Å²) in [7, 11) is -3.36. The lowest BCUT2D eigenvalue weighted by atomic mass is 10.1. The fourth-order valence-corrected chi connectivity index (χ4v) is 3.87. The predicted octanol–water partition coefficient (Wildman–Crippen LogP) is 0.904. The maximum atomic E-state index is 12.1. The number of amides is 1. The van der Waals surface area contributed by atoms with Crippen molar-refractivity contribution in [2.75, 3.05) is 18.8 Å². The van der Waals surface area contributed by atoms with E-state index in [1.54, 1.807) is 34.6 Å². The van der Waals surface area contributed by atoms with Gasteiger partial charge in [-0.1, -0.05) is 6.07 Å². The second-order valence-corrected chi connectivity index (χ2v) is 7.72. The SMILES string of the molecule is O=C(NCCc1cccs1)C1=CN2CCS(=O)(=O)N=C2C=C1. The maximum absolute atomic E-state index is 12.1. The number of hydrogen-bond donors (Lipinski definition) is 1. The lowest BCUT2D eigenvalue weighted by Crippen LogP contribution is -2.38. The van der Waals surface area contributed by atoms with Gasteiger partial charge < -0.3 is 10.2 Å². The number of nitrogens with zero attached hydrogens (tertiary/aromatic N) is 2. The molecule has 2 aliphatic heterocycles. The third-order valence-corrected chi connectivity index (χ3v) is 5.42. The van der Waals surface area contributed by atoms with Gasteiger partial charge in [-0.05, 0) is 30.0 Å². The molecule has 3 rings (SSSR count). The zero-order chi connectivity index (χ0) is 15.6. The molecular weight excluding hydrogens is 322 g/mol. The van der Waals surface area contributed by atoms with Gasteiger partial charge >= 0.3 is 0 Å². The van der Waals surface area contributed by atoms with Gasteiger partial charge in [0, 0.05) is 24.2 Å². The number of fused-ring (bicyclic) bond motifs is 1. The Hall–Kier alpha value is -1.93. The maximum Gasteiger partial charge on any atom is 0.256 e. The van der Waals surface area contributed by atoms with Crippen LogP contribution in [-0.2, 0) is 21.2 Å². The van der Waals surface area contributed by atoms with Crippen molar-refractivity contribution in [3.8, 4) is 0 Å². The van der Waals surface area contributed by atoms with Crippen molar-refractivity contribution >= 4 is 33.1 Å². The molecule has 0 bridgehead atoms. The Labute approximate surface area is 132 Å². The van der Waals surface area contributed by atoms with Crippen molar-refractivity contribution in [2.24, 2.45) is 4.40 Å². The molecule has 6 nitrogen and oxygen atoms in total. The molecule has 0 fully saturated rings. The number of nitrogens with one attached hydrogen (secondary N) is 1. The number of hydrogen-bond acceptors (Lipinski definition) is 5. The van der Waals surface area contributed by atoms with E-state index in [1.165, 1.54) is 4.88 Å². The van der Waals surface area contributed by atoms with Gasteiger partial charge in [0.1, 0.15) is 5.84 Å². The topological polar surface area (TPSA) is 78.8 Å². The van der Waals surface area contributed by atoms with Crippen LogP contribution in [0.4, 0.5) is 0 Å². The van der Waals surface area contributed by atoms with Crippen LogP contribution in [0.1, 0.15) is 4.88 Å². The molecule has 22 heavy (non-hydrogen) atoms. The largest absolute Gasteiger partial charge is 0.352 e. The normalized spacial score (nSPS) is 19.2. The molecule has 1 amide bonds. The van der Waals surface area contributed by atoms with E-state index in [1.807, 2.05) is 17.5 Å². The Morgan fingerprint density at radius 3 is 3.05 bits per heavy atom. The van der Waals surface area contributed by atoms with Crippen molar-refractivity contribution in [3.05, 3.63) is 46.3 Å². The smallest absolute Gasteiger partial charge is 0.256 e. The van der Waals surface area contributed by atoms with Crippen molar-refractivity contribution in [1.29, 1.82) is 0 Å². The van der Waals surface area contributed by atoms with E-state index in [0.717, 1.165) is 6.42 Å². The van der Waals surface area contributed by atoms with Crippen LogP contribution in [0.3, 0.4) is 0 Å². The summed E-state index contributed by atoms with van der Waals surface area (Å²) in [5.74, 6) is 0.162. The van der Waals surface area contributed by atoms with E-state index < -0.39 is 10.0 Å². The summed E-state index contributed by atoms with van der Waals surface area (Å²) < 4.78 is 26.5. The van der Waals surface area contributed by atoms with Crippen molar-refractivity contribution in [2.45, 2.75) is 6.42 Å². The highest BCUT2D eigenvalue weighted by Gasteiger charge is 2.24. The highest BCUT2D eigenvalue weighted by Crippen LogP contribution is 2.16. The number of amidine groups is 1. The summed E-state index contributed by atoms with van der Waals surface area (Å²) >= 11 is 1.66. The van der Waals surface area contributed by atoms with Gasteiger partial charge in [-0.25, -0.2) is 8.42 Å². The molecule has 1 N–H and O–H groups in total. The van der Waals surface area contributed by atoms with Crippen LogP contribution in [-0.4, -0.2) is 43.9 Å². The molecule has 3 heterocycles. The Balaban J connectivity index is 1.60. The highest BCUT2D eigenvalue weighted by molar-refractivity contribution is 7.90. The van der Waals surface area contributed by atoms with Gasteiger partial charge in [0.05, 0.1) is 11.3 Å². The van der Waals surface area contributed by atoms with E-state index in [9.17, 15) is 13.2 Å². The molecule has 1 aromatic rings. The second kappa shape index (κ2) is 6.05. The Morgan fingerprint density at radius 1 is 1.41 bits per heavy atom. The van der Waals surface area contributed by atoms with Gasteiger partial charge in [0.15, 0.2) is 0 Å². The van der Waals surface area contributed by atoms with Crippen LogP contribution < -0.4 is 5.32 Å². The van der Waals surface area contributed by atoms with Crippen LogP contribution in [0.5, 0.6) is 0 Å². The Bertz CT molecular complexity index is 761. The summed E-state index contributed by atoms with van der Waals surface area (Å²) in [4.78, 5) is 15.0. The molecule has 0 saturated carbocycles. The summed E-state index contributed by atoms with van der Waals surface area (Å²) in [6, 6.07) is 4.02. The predicted molar refractivity (Wildman–Crippen MR) is 86.2 cm³/mol. The first-order valence-electron chi connectivity index (χ1n) is 6.83. The monoisotopic (exact) mass is 337 g/mol. The fourth-order valence-electron chi connectivity index (χ4n) is 2.19. The number of sulfonamides is 1. The van der Waals surface area contributed by atoms with Crippen LogP contribution in [0.2, 0.25) is 0 Å². The molecule has 0 atom stereocenters. The fraction of sp³-hybridized carbons (Fsp3) is 0.286. The van der Waals surface area contributed by atoms with E-state index in [-0.39, 0.29) is 11.7 Å². The molecule has 1 aromatic heterocycles. The van der Waals surface area contributed by atoms with Gasteiger partial charge in [-0.2, -0.15) is 0 Å². The van der Waals surface area contributed by atoms with E-state index in [4.69, 9.17) is 0 Å².